The number of aryl methyl sites for hydroxylation is 2. The van der Waals surface area contributed by atoms with Gasteiger partial charge in [-0.1, -0.05) is 0 Å². The normalized spacial score (nSPS) is 10.5. The van der Waals surface area contributed by atoms with Gasteiger partial charge in [-0.15, -0.1) is 11.3 Å². The number of aromatic nitrogens is 3. The number of esters is 1. The molecule has 0 aliphatic heterocycles. The molecule has 0 spiro atoms. The number of amides is 1. The number of ether oxygens (including phenoxy) is 1. The van der Waals surface area contributed by atoms with E-state index in [1.54, 1.807) is 18.4 Å². The van der Waals surface area contributed by atoms with Crippen molar-refractivity contribution in [3.05, 3.63) is 44.7 Å². The highest BCUT2D eigenvalue weighted by Gasteiger charge is 2.22. The molecule has 0 bridgehead atoms. The molecule has 0 saturated carbocycles. The second-order valence-electron chi connectivity index (χ2n) is 6.81. The second-order valence-corrected chi connectivity index (χ2v) is 7.83. The molecule has 0 fully saturated rings. The van der Waals surface area contributed by atoms with Crippen LogP contribution in [0.25, 0.3) is 5.65 Å². The van der Waals surface area contributed by atoms with Gasteiger partial charge in [-0.3, -0.25) is 4.79 Å². The summed E-state index contributed by atoms with van der Waals surface area (Å²) in [5, 5.41) is 25.9. The van der Waals surface area contributed by atoms with E-state index >= 15 is 0 Å². The summed E-state index contributed by atoms with van der Waals surface area (Å²) in [6.45, 7) is 7.28. The Bertz CT molecular complexity index is 1280. The maximum absolute atomic E-state index is 12.6. The highest BCUT2D eigenvalue weighted by Crippen LogP contribution is 2.33. The van der Waals surface area contributed by atoms with Crippen molar-refractivity contribution in [2.75, 3.05) is 11.9 Å². The lowest BCUT2D eigenvalue weighted by molar-refractivity contribution is -0.116. The zero-order valence-corrected chi connectivity index (χ0v) is 18.4. The first-order chi connectivity index (χ1) is 14.8. The van der Waals surface area contributed by atoms with E-state index in [9.17, 15) is 20.1 Å². The van der Waals surface area contributed by atoms with Crippen molar-refractivity contribution in [3.63, 3.8) is 0 Å². The number of nitrogens with one attached hydrogen (secondary N) is 1. The average molecular weight is 436 g/mol. The number of carbonyl (C=O) groups is 2. The highest BCUT2D eigenvalue weighted by atomic mass is 32.1. The molecule has 0 aliphatic rings. The van der Waals surface area contributed by atoms with Crippen molar-refractivity contribution in [1.82, 2.24) is 14.6 Å². The van der Waals surface area contributed by atoms with E-state index in [-0.39, 0.29) is 24.5 Å². The molecule has 0 saturated heterocycles. The summed E-state index contributed by atoms with van der Waals surface area (Å²) in [6, 6.07) is 4.11. The van der Waals surface area contributed by atoms with Gasteiger partial charge in [0.15, 0.2) is 5.65 Å². The summed E-state index contributed by atoms with van der Waals surface area (Å²) >= 11 is 1.04. The number of thiophene rings is 1. The van der Waals surface area contributed by atoms with Gasteiger partial charge >= 0.3 is 5.97 Å². The third kappa shape index (κ3) is 4.11. The van der Waals surface area contributed by atoms with Gasteiger partial charge in [-0.2, -0.15) is 15.6 Å². The maximum atomic E-state index is 12.6. The molecule has 3 aromatic heterocycles. The molecule has 3 aromatic rings. The van der Waals surface area contributed by atoms with Crippen molar-refractivity contribution in [3.8, 4) is 12.1 Å². The Hall–Kier alpha value is -3.76. The molecular formula is C21H20N6O3S. The molecule has 0 unspecified atom stereocenters. The molecule has 0 atom stereocenters. The summed E-state index contributed by atoms with van der Waals surface area (Å²) in [7, 11) is 0. The fraction of sp³-hybridized carbons (Fsp3) is 0.333. The first-order valence-electron chi connectivity index (χ1n) is 9.56. The van der Waals surface area contributed by atoms with Crippen LogP contribution >= 0.6 is 11.3 Å². The summed E-state index contributed by atoms with van der Waals surface area (Å²) in [4.78, 5) is 29.4. The molecule has 3 heterocycles. The number of nitrogens with zero attached hydrogens (tertiary/aromatic N) is 5. The van der Waals surface area contributed by atoms with Crippen LogP contribution in [-0.4, -0.2) is 33.1 Å². The number of hydrogen-bond donors (Lipinski definition) is 1. The first kappa shape index (κ1) is 21.9. The number of anilines is 1. The predicted molar refractivity (Wildman–Crippen MR) is 114 cm³/mol. The lowest BCUT2D eigenvalue weighted by atomic mass is 10.1. The number of hydrogen-bond acceptors (Lipinski definition) is 8. The number of fused-ring (bicyclic) bond motifs is 1. The van der Waals surface area contributed by atoms with Crippen LogP contribution in [0.5, 0.6) is 0 Å². The van der Waals surface area contributed by atoms with Crippen LogP contribution in [0.15, 0.2) is 6.20 Å². The zero-order valence-electron chi connectivity index (χ0n) is 17.6. The van der Waals surface area contributed by atoms with E-state index in [0.29, 0.717) is 33.1 Å². The molecule has 1 amide bonds. The molecule has 10 heteroatoms. The van der Waals surface area contributed by atoms with Gasteiger partial charge in [0.05, 0.1) is 18.4 Å². The van der Waals surface area contributed by atoms with Gasteiger partial charge in [-0.05, 0) is 45.2 Å². The molecule has 0 aliphatic carbocycles. The van der Waals surface area contributed by atoms with Crippen molar-refractivity contribution in [2.24, 2.45) is 0 Å². The van der Waals surface area contributed by atoms with E-state index in [1.807, 2.05) is 19.9 Å². The smallest absolute Gasteiger partial charge is 0.348 e. The molecule has 31 heavy (non-hydrogen) atoms. The molecule has 3 rings (SSSR count). The predicted octanol–water partition coefficient (Wildman–Crippen LogP) is 3.21. The van der Waals surface area contributed by atoms with E-state index in [2.05, 4.69) is 21.5 Å². The Labute approximate surface area is 182 Å². The highest BCUT2D eigenvalue weighted by molar-refractivity contribution is 7.18. The van der Waals surface area contributed by atoms with Crippen LogP contribution < -0.4 is 5.32 Å². The van der Waals surface area contributed by atoms with Crippen LogP contribution in [0.4, 0.5) is 5.00 Å². The van der Waals surface area contributed by atoms with E-state index in [0.717, 1.165) is 28.3 Å². The molecular weight excluding hydrogens is 416 g/mol. The minimum Gasteiger partial charge on any atom is -0.462 e. The van der Waals surface area contributed by atoms with Crippen molar-refractivity contribution in [2.45, 2.75) is 40.5 Å². The Kier molecular flexibility index (Phi) is 6.33. The van der Waals surface area contributed by atoms with Crippen LogP contribution in [-0.2, 0) is 16.0 Å². The fourth-order valence-electron chi connectivity index (χ4n) is 3.31. The van der Waals surface area contributed by atoms with Gasteiger partial charge < -0.3 is 10.1 Å². The van der Waals surface area contributed by atoms with Crippen LogP contribution in [0, 0.1) is 43.4 Å². The lowest BCUT2D eigenvalue weighted by Crippen LogP contribution is -2.14. The Balaban J connectivity index is 1.79. The molecule has 158 valence electrons. The van der Waals surface area contributed by atoms with Crippen LogP contribution in [0.2, 0.25) is 0 Å². The zero-order chi connectivity index (χ0) is 22.7. The molecule has 1 N–H and O–H groups in total. The number of rotatable bonds is 6. The summed E-state index contributed by atoms with van der Waals surface area (Å²) < 4.78 is 6.62. The van der Waals surface area contributed by atoms with Gasteiger partial charge in [0.25, 0.3) is 0 Å². The van der Waals surface area contributed by atoms with E-state index in [4.69, 9.17) is 4.74 Å². The Morgan fingerprint density at radius 1 is 1.26 bits per heavy atom. The standard InChI is InChI=1S/C21H20N6O3S/c1-5-30-21(29)18-11(2)16(9-23)20(31-18)26-17(28)7-6-15-12(3)25-19-14(8-22)10-24-27(19)13(15)4/h10H,5-7H2,1-4H3,(H,26,28). The summed E-state index contributed by atoms with van der Waals surface area (Å²) in [5.74, 6) is -0.797. The average Bonchev–Trinajstić information content (AvgIpc) is 3.28. The van der Waals surface area contributed by atoms with Crippen LogP contribution in [0.3, 0.4) is 0 Å². The maximum Gasteiger partial charge on any atom is 0.348 e. The Morgan fingerprint density at radius 3 is 2.65 bits per heavy atom. The Morgan fingerprint density at radius 2 is 2.00 bits per heavy atom. The molecule has 0 aromatic carbocycles. The molecule has 9 nitrogen and oxygen atoms in total. The monoisotopic (exact) mass is 436 g/mol. The van der Waals surface area contributed by atoms with Crippen molar-refractivity contribution in [1.29, 1.82) is 10.5 Å². The van der Waals surface area contributed by atoms with Crippen molar-refractivity contribution < 1.29 is 14.3 Å². The number of nitriles is 2. The SMILES string of the molecule is CCOC(=O)c1sc(NC(=O)CCc2c(C)nc3c(C#N)cnn3c2C)c(C#N)c1C. The number of carbonyl (C=O) groups excluding carboxylic acids is 2. The van der Waals surface area contributed by atoms with Gasteiger partial charge in [0, 0.05) is 17.8 Å². The largest absolute Gasteiger partial charge is 0.462 e. The summed E-state index contributed by atoms with van der Waals surface area (Å²) in [6.07, 6.45) is 2.03. The topological polar surface area (TPSA) is 133 Å². The molecule has 0 radical (unpaired) electrons. The van der Waals surface area contributed by atoms with E-state index in [1.165, 1.54) is 6.20 Å². The van der Waals surface area contributed by atoms with Gasteiger partial charge in [0.1, 0.15) is 27.6 Å². The third-order valence-electron chi connectivity index (χ3n) is 4.90. The van der Waals surface area contributed by atoms with E-state index < -0.39 is 5.97 Å². The van der Waals surface area contributed by atoms with Gasteiger partial charge in [-0.25, -0.2) is 14.3 Å². The lowest BCUT2D eigenvalue weighted by Gasteiger charge is -2.11. The van der Waals surface area contributed by atoms with Gasteiger partial charge in [0.2, 0.25) is 5.91 Å². The minimum absolute atomic E-state index is 0.151. The van der Waals surface area contributed by atoms with Crippen molar-refractivity contribution >= 4 is 33.9 Å². The minimum atomic E-state index is -0.511. The third-order valence-corrected chi connectivity index (χ3v) is 6.09. The summed E-state index contributed by atoms with van der Waals surface area (Å²) in [5.41, 5.74) is 4.04. The first-order valence-corrected chi connectivity index (χ1v) is 10.4. The quantitative estimate of drug-likeness (QED) is 0.587. The second kappa shape index (κ2) is 8.94. The fourth-order valence-corrected chi connectivity index (χ4v) is 4.37. The van der Waals surface area contributed by atoms with Crippen LogP contribution in [0.1, 0.15) is 56.7 Å².